The molecule has 2 fully saturated rings. The quantitative estimate of drug-likeness (QED) is 0.652. The molecule has 2 aliphatic rings. The summed E-state index contributed by atoms with van der Waals surface area (Å²) in [6.45, 7) is 3.68. The van der Waals surface area contributed by atoms with Crippen molar-refractivity contribution in [1.82, 2.24) is 9.62 Å². The summed E-state index contributed by atoms with van der Waals surface area (Å²) in [5, 5.41) is 2.67. The number of nitrogens with zero attached hydrogens (tertiary/aromatic N) is 1. The molecule has 132 valence electrons. The predicted molar refractivity (Wildman–Crippen MR) is 85.1 cm³/mol. The smallest absolute Gasteiger partial charge is 0.306 e. The number of hydrogen-bond donors (Lipinski definition) is 1. The van der Waals surface area contributed by atoms with Crippen molar-refractivity contribution >= 4 is 21.9 Å². The molecule has 0 spiro atoms. The number of ether oxygens (including phenoxy) is 1. The van der Waals surface area contributed by atoms with Crippen LogP contribution in [0.4, 0.5) is 0 Å². The van der Waals surface area contributed by atoms with Crippen molar-refractivity contribution in [3.63, 3.8) is 0 Å². The Morgan fingerprint density at radius 3 is 2.35 bits per heavy atom. The lowest BCUT2D eigenvalue weighted by Crippen LogP contribution is -2.42. The molecule has 23 heavy (non-hydrogen) atoms. The summed E-state index contributed by atoms with van der Waals surface area (Å²) in [5.74, 6) is -0.223. The van der Waals surface area contributed by atoms with E-state index in [2.05, 4.69) is 5.32 Å². The lowest BCUT2D eigenvalue weighted by molar-refractivity contribution is -0.144. The number of carbonyl (C=O) groups excluding carboxylic acids is 2. The Hall–Kier alpha value is -1.15. The van der Waals surface area contributed by atoms with E-state index in [1.165, 1.54) is 0 Å². The number of rotatable bonds is 8. The molecule has 1 saturated heterocycles. The van der Waals surface area contributed by atoms with E-state index in [1.807, 2.05) is 0 Å². The number of esters is 1. The van der Waals surface area contributed by atoms with Crippen LogP contribution in [0.5, 0.6) is 0 Å². The molecule has 1 amide bonds. The van der Waals surface area contributed by atoms with Crippen molar-refractivity contribution in [2.75, 3.05) is 26.2 Å². The predicted octanol–water partition coefficient (Wildman–Crippen LogP) is 0.650. The van der Waals surface area contributed by atoms with Gasteiger partial charge in [-0.1, -0.05) is 0 Å². The Morgan fingerprint density at radius 1 is 1.13 bits per heavy atom. The maximum atomic E-state index is 12.1. The summed E-state index contributed by atoms with van der Waals surface area (Å²) < 4.78 is 30.6. The average Bonchev–Trinajstić information content (AvgIpc) is 3.37. The molecule has 1 saturated carbocycles. The molecule has 0 aromatic heterocycles. The van der Waals surface area contributed by atoms with E-state index in [1.54, 1.807) is 11.2 Å². The highest BCUT2D eigenvalue weighted by Crippen LogP contribution is 2.32. The highest BCUT2D eigenvalue weighted by atomic mass is 32.2. The molecule has 7 nitrogen and oxygen atoms in total. The molecule has 2 rings (SSSR count). The molecule has 0 bridgehead atoms. The van der Waals surface area contributed by atoms with Gasteiger partial charge in [0.25, 0.3) is 0 Å². The Kier molecular flexibility index (Phi) is 6.41. The van der Waals surface area contributed by atoms with Gasteiger partial charge >= 0.3 is 5.97 Å². The second-order valence-electron chi connectivity index (χ2n) is 6.20. The summed E-state index contributed by atoms with van der Waals surface area (Å²) in [6.07, 6.45) is 3.34. The van der Waals surface area contributed by atoms with E-state index in [9.17, 15) is 18.0 Å². The van der Waals surface area contributed by atoms with Crippen molar-refractivity contribution in [1.29, 1.82) is 0 Å². The summed E-state index contributed by atoms with van der Waals surface area (Å²) >= 11 is 0. The lowest BCUT2D eigenvalue weighted by atomic mass is 9.98. The van der Waals surface area contributed by atoms with E-state index in [-0.39, 0.29) is 30.0 Å². The fraction of sp³-hybridized carbons (Fsp3) is 0.867. The van der Waals surface area contributed by atoms with Crippen LogP contribution < -0.4 is 5.32 Å². The van der Waals surface area contributed by atoms with Crippen molar-refractivity contribution in [3.05, 3.63) is 0 Å². The van der Waals surface area contributed by atoms with Crippen molar-refractivity contribution < 1.29 is 22.7 Å². The van der Waals surface area contributed by atoms with Gasteiger partial charge in [-0.15, -0.1) is 0 Å². The van der Waals surface area contributed by atoms with Crippen LogP contribution in [0.3, 0.4) is 0 Å². The zero-order valence-corrected chi connectivity index (χ0v) is 14.4. The number of piperidine rings is 1. The molecular formula is C15H26N2O5S. The number of hydrogen-bond acceptors (Lipinski definition) is 5. The molecule has 1 aliphatic heterocycles. The Bertz CT molecular complexity index is 522. The maximum Gasteiger partial charge on any atom is 0.306 e. The minimum atomic E-state index is -3.07. The normalized spacial score (nSPS) is 20.2. The monoisotopic (exact) mass is 346 g/mol. The Labute approximate surface area is 137 Å². The first-order chi connectivity index (χ1) is 10.9. The first kappa shape index (κ1) is 18.2. The van der Waals surface area contributed by atoms with Crippen molar-refractivity contribution in [2.24, 2.45) is 5.92 Å². The molecule has 0 aromatic carbocycles. The van der Waals surface area contributed by atoms with Crippen molar-refractivity contribution in [3.8, 4) is 0 Å². The summed E-state index contributed by atoms with van der Waals surface area (Å²) in [5.41, 5.74) is 0. The van der Waals surface area contributed by atoms with Crippen LogP contribution in [0.2, 0.25) is 0 Å². The minimum absolute atomic E-state index is 0.0950. The standard InChI is InChI=1S/C15H26N2O5S/c1-2-22-15(19)6-5-14(18)16-11-12-7-9-17(10-8-12)23(20,21)13-3-4-13/h12-13H,2-11H2,1H3,(H,16,18). The fourth-order valence-electron chi connectivity index (χ4n) is 2.74. The van der Waals surface area contributed by atoms with E-state index in [0.717, 1.165) is 25.7 Å². The van der Waals surface area contributed by atoms with Gasteiger partial charge in [0.1, 0.15) is 0 Å². The molecule has 1 N–H and O–H groups in total. The van der Waals surface area contributed by atoms with Gasteiger partial charge in [0, 0.05) is 26.1 Å². The van der Waals surface area contributed by atoms with Gasteiger partial charge in [0.2, 0.25) is 15.9 Å². The SMILES string of the molecule is CCOC(=O)CCC(=O)NCC1CCN(S(=O)(=O)C2CC2)CC1. The molecule has 0 unspecified atom stereocenters. The molecule has 0 aromatic rings. The number of sulfonamides is 1. The zero-order valence-electron chi connectivity index (χ0n) is 13.6. The molecule has 0 radical (unpaired) electrons. The van der Waals surface area contributed by atoms with E-state index in [0.29, 0.717) is 32.2 Å². The second kappa shape index (κ2) is 8.10. The average molecular weight is 346 g/mol. The third kappa shape index (κ3) is 5.46. The van der Waals surface area contributed by atoms with Crippen LogP contribution in [0.1, 0.15) is 45.4 Å². The first-order valence-electron chi connectivity index (χ1n) is 8.34. The van der Waals surface area contributed by atoms with Crippen LogP contribution >= 0.6 is 0 Å². The Balaban J connectivity index is 1.63. The maximum absolute atomic E-state index is 12.1. The van der Waals surface area contributed by atoms with Gasteiger partial charge in [0.15, 0.2) is 0 Å². The summed E-state index contributed by atoms with van der Waals surface area (Å²) in [6, 6.07) is 0. The Morgan fingerprint density at radius 2 is 1.78 bits per heavy atom. The highest BCUT2D eigenvalue weighted by Gasteiger charge is 2.41. The van der Waals surface area contributed by atoms with Crippen LogP contribution in [0.15, 0.2) is 0 Å². The first-order valence-corrected chi connectivity index (χ1v) is 9.85. The zero-order chi connectivity index (χ0) is 16.9. The van der Waals surface area contributed by atoms with Gasteiger partial charge in [-0.3, -0.25) is 9.59 Å². The van der Waals surface area contributed by atoms with Gasteiger partial charge in [-0.05, 0) is 38.5 Å². The summed E-state index contributed by atoms with van der Waals surface area (Å²) in [7, 11) is -3.07. The molecule has 1 heterocycles. The van der Waals surface area contributed by atoms with E-state index < -0.39 is 10.0 Å². The molecule has 8 heteroatoms. The van der Waals surface area contributed by atoms with Crippen molar-refractivity contribution in [2.45, 2.75) is 50.7 Å². The fourth-order valence-corrected chi connectivity index (χ4v) is 4.61. The van der Waals surface area contributed by atoms with Crippen LogP contribution in [0.25, 0.3) is 0 Å². The van der Waals surface area contributed by atoms with Gasteiger partial charge in [-0.2, -0.15) is 0 Å². The number of amides is 1. The second-order valence-corrected chi connectivity index (χ2v) is 8.41. The van der Waals surface area contributed by atoms with E-state index in [4.69, 9.17) is 4.74 Å². The third-order valence-electron chi connectivity index (χ3n) is 4.33. The number of carbonyl (C=O) groups is 2. The molecule has 0 atom stereocenters. The topological polar surface area (TPSA) is 92.8 Å². The molecule has 1 aliphatic carbocycles. The van der Waals surface area contributed by atoms with Gasteiger partial charge in [0.05, 0.1) is 18.3 Å². The van der Waals surface area contributed by atoms with Crippen LogP contribution in [0, 0.1) is 5.92 Å². The van der Waals surface area contributed by atoms with E-state index >= 15 is 0 Å². The summed E-state index contributed by atoms with van der Waals surface area (Å²) in [4.78, 5) is 22.9. The lowest BCUT2D eigenvalue weighted by Gasteiger charge is -2.31. The number of nitrogens with one attached hydrogen (secondary N) is 1. The highest BCUT2D eigenvalue weighted by molar-refractivity contribution is 7.90. The molecular weight excluding hydrogens is 320 g/mol. The van der Waals surface area contributed by atoms with Crippen LogP contribution in [-0.4, -0.2) is 56.1 Å². The van der Waals surface area contributed by atoms with Gasteiger partial charge < -0.3 is 10.1 Å². The van der Waals surface area contributed by atoms with Gasteiger partial charge in [-0.25, -0.2) is 12.7 Å². The van der Waals surface area contributed by atoms with Crippen LogP contribution in [-0.2, 0) is 24.3 Å². The largest absolute Gasteiger partial charge is 0.466 e. The third-order valence-corrected chi connectivity index (χ3v) is 6.73. The minimum Gasteiger partial charge on any atom is -0.466 e.